The monoisotopic (exact) mass is 300 g/mol. The molecule has 2 aromatic carbocycles. The fourth-order valence-electron chi connectivity index (χ4n) is 2.37. The van der Waals surface area contributed by atoms with Gasteiger partial charge in [-0.2, -0.15) is 0 Å². The van der Waals surface area contributed by atoms with Crippen molar-refractivity contribution < 1.29 is 4.79 Å². The van der Waals surface area contributed by atoms with E-state index in [2.05, 4.69) is 12.1 Å². The second-order valence-corrected chi connectivity index (χ2v) is 6.32. The molecule has 3 rings (SSSR count). The topological polar surface area (TPSA) is 17.1 Å². The lowest BCUT2D eigenvalue weighted by Crippen LogP contribution is -2.07. The summed E-state index contributed by atoms with van der Waals surface area (Å²) in [7, 11) is 0. The second-order valence-electron chi connectivity index (χ2n) is 4.80. The van der Waals surface area contributed by atoms with E-state index in [1.165, 1.54) is 0 Å². The van der Waals surface area contributed by atoms with Crippen LogP contribution in [0.25, 0.3) is 5.03 Å². The van der Waals surface area contributed by atoms with Crippen molar-refractivity contribution in [3.63, 3.8) is 0 Å². The van der Waals surface area contributed by atoms with Crippen molar-refractivity contribution in [2.24, 2.45) is 0 Å². The lowest BCUT2D eigenvalue weighted by atomic mass is 10.0. The molecule has 20 heavy (non-hydrogen) atoms. The Balaban J connectivity index is 2.15. The molecule has 1 unspecified atom stereocenters. The van der Waals surface area contributed by atoms with Crippen LogP contribution in [0.3, 0.4) is 0 Å². The van der Waals surface area contributed by atoms with Gasteiger partial charge in [0.25, 0.3) is 0 Å². The van der Waals surface area contributed by atoms with E-state index >= 15 is 0 Å². The van der Waals surface area contributed by atoms with E-state index < -0.39 is 0 Å². The number of halogens is 1. The molecule has 0 N–H and O–H groups in total. The standard InChI is InChI=1S/C17H13ClOS/c1-11-7-8-15-13(9-11)16(18)14(10-19)17(20-15)12-5-3-2-4-6-12/h2-10,17H,1H3. The van der Waals surface area contributed by atoms with E-state index in [0.29, 0.717) is 10.6 Å². The summed E-state index contributed by atoms with van der Waals surface area (Å²) in [6.45, 7) is 2.03. The van der Waals surface area contributed by atoms with Crippen molar-refractivity contribution in [3.8, 4) is 0 Å². The summed E-state index contributed by atoms with van der Waals surface area (Å²) >= 11 is 8.15. The fraction of sp³-hybridized carbons (Fsp3) is 0.118. The van der Waals surface area contributed by atoms with Gasteiger partial charge in [0.05, 0.1) is 10.3 Å². The number of aryl methyl sites for hydroxylation is 1. The van der Waals surface area contributed by atoms with Crippen LogP contribution in [-0.2, 0) is 4.79 Å². The molecular formula is C17H13ClOS. The molecule has 0 spiro atoms. The zero-order chi connectivity index (χ0) is 14.1. The van der Waals surface area contributed by atoms with Gasteiger partial charge >= 0.3 is 0 Å². The van der Waals surface area contributed by atoms with Crippen LogP contribution in [0.4, 0.5) is 0 Å². The Kier molecular flexibility index (Phi) is 3.68. The minimum atomic E-state index is -0.0311. The minimum absolute atomic E-state index is 0.0311. The van der Waals surface area contributed by atoms with Crippen molar-refractivity contribution in [2.45, 2.75) is 17.1 Å². The summed E-state index contributed by atoms with van der Waals surface area (Å²) in [6, 6.07) is 16.2. The highest BCUT2D eigenvalue weighted by Gasteiger charge is 2.28. The molecule has 100 valence electrons. The number of hydrogen-bond donors (Lipinski definition) is 0. The van der Waals surface area contributed by atoms with Crippen LogP contribution >= 0.6 is 23.4 Å². The Labute approximate surface area is 127 Å². The molecule has 0 saturated carbocycles. The maximum absolute atomic E-state index is 11.5. The largest absolute Gasteiger partial charge is 0.298 e. The fourth-order valence-corrected chi connectivity index (χ4v) is 4.08. The van der Waals surface area contributed by atoms with Gasteiger partial charge in [0.2, 0.25) is 0 Å². The van der Waals surface area contributed by atoms with Crippen LogP contribution in [0.2, 0.25) is 0 Å². The highest BCUT2D eigenvalue weighted by Crippen LogP contribution is 2.50. The molecule has 1 atom stereocenters. The number of hydrogen-bond acceptors (Lipinski definition) is 2. The number of carbonyl (C=O) groups is 1. The molecule has 0 aliphatic carbocycles. The zero-order valence-corrected chi connectivity index (χ0v) is 12.5. The van der Waals surface area contributed by atoms with Crippen molar-refractivity contribution in [1.29, 1.82) is 0 Å². The summed E-state index contributed by atoms with van der Waals surface area (Å²) in [4.78, 5) is 12.6. The van der Waals surface area contributed by atoms with Crippen LogP contribution in [0.15, 0.2) is 59.0 Å². The maximum atomic E-state index is 11.5. The van der Waals surface area contributed by atoms with Gasteiger partial charge in [-0.3, -0.25) is 4.79 Å². The van der Waals surface area contributed by atoms with E-state index in [9.17, 15) is 4.79 Å². The van der Waals surface area contributed by atoms with Crippen molar-refractivity contribution in [2.75, 3.05) is 0 Å². The van der Waals surface area contributed by atoms with E-state index in [-0.39, 0.29) is 5.25 Å². The zero-order valence-electron chi connectivity index (χ0n) is 11.0. The van der Waals surface area contributed by atoms with Crippen LogP contribution in [-0.4, -0.2) is 6.29 Å². The number of thioether (sulfide) groups is 1. The van der Waals surface area contributed by atoms with E-state index in [1.807, 2.05) is 43.3 Å². The third kappa shape index (κ3) is 2.30. The van der Waals surface area contributed by atoms with E-state index in [1.54, 1.807) is 11.8 Å². The first-order chi connectivity index (χ1) is 9.70. The highest BCUT2D eigenvalue weighted by molar-refractivity contribution is 8.00. The molecule has 0 fully saturated rings. The second kappa shape index (κ2) is 5.47. The van der Waals surface area contributed by atoms with Gasteiger partial charge in [0.1, 0.15) is 6.29 Å². The van der Waals surface area contributed by atoms with Crippen LogP contribution < -0.4 is 0 Å². The lowest BCUT2D eigenvalue weighted by Gasteiger charge is -2.25. The average molecular weight is 301 g/mol. The first-order valence-corrected chi connectivity index (χ1v) is 7.64. The Bertz CT molecular complexity index is 691. The third-order valence-electron chi connectivity index (χ3n) is 3.38. The molecule has 2 aromatic rings. The third-order valence-corrected chi connectivity index (χ3v) is 5.18. The maximum Gasteiger partial charge on any atom is 0.149 e. The summed E-state index contributed by atoms with van der Waals surface area (Å²) in [5.74, 6) is 0. The predicted octanol–water partition coefficient (Wildman–Crippen LogP) is 4.99. The molecule has 0 amide bonds. The molecule has 0 saturated heterocycles. The van der Waals surface area contributed by atoms with E-state index in [4.69, 9.17) is 11.6 Å². The molecule has 1 heterocycles. The van der Waals surface area contributed by atoms with Crippen molar-refractivity contribution in [1.82, 2.24) is 0 Å². The molecular weight excluding hydrogens is 288 g/mol. The summed E-state index contributed by atoms with van der Waals surface area (Å²) in [5, 5.41) is 0.544. The van der Waals surface area contributed by atoms with Crippen LogP contribution in [0, 0.1) is 6.92 Å². The Morgan fingerprint density at radius 3 is 2.60 bits per heavy atom. The molecule has 3 heteroatoms. The van der Waals surface area contributed by atoms with Gasteiger partial charge in [0, 0.05) is 16.0 Å². The number of carbonyl (C=O) groups excluding carboxylic acids is 1. The van der Waals surface area contributed by atoms with Crippen molar-refractivity contribution in [3.05, 3.63) is 70.8 Å². The SMILES string of the molecule is Cc1ccc2c(c1)C(Cl)=C(C=O)C(c1ccccc1)S2. The first-order valence-electron chi connectivity index (χ1n) is 6.38. The predicted molar refractivity (Wildman–Crippen MR) is 85.1 cm³/mol. The minimum Gasteiger partial charge on any atom is -0.298 e. The van der Waals surface area contributed by atoms with E-state index in [0.717, 1.165) is 27.9 Å². The van der Waals surface area contributed by atoms with Gasteiger partial charge in [-0.15, -0.1) is 11.8 Å². The van der Waals surface area contributed by atoms with Crippen LogP contribution in [0.5, 0.6) is 0 Å². The lowest BCUT2D eigenvalue weighted by molar-refractivity contribution is -0.104. The van der Waals surface area contributed by atoms with Gasteiger partial charge in [-0.05, 0) is 24.6 Å². The Morgan fingerprint density at radius 2 is 1.90 bits per heavy atom. The quantitative estimate of drug-likeness (QED) is 0.727. The van der Waals surface area contributed by atoms with Crippen molar-refractivity contribution >= 4 is 34.7 Å². The normalized spacial score (nSPS) is 17.8. The van der Waals surface area contributed by atoms with Gasteiger partial charge < -0.3 is 0 Å². The Morgan fingerprint density at radius 1 is 1.15 bits per heavy atom. The number of benzene rings is 2. The molecule has 0 bridgehead atoms. The molecule has 1 nitrogen and oxygen atoms in total. The smallest absolute Gasteiger partial charge is 0.149 e. The highest BCUT2D eigenvalue weighted by atomic mass is 35.5. The number of fused-ring (bicyclic) bond motifs is 1. The van der Waals surface area contributed by atoms with Gasteiger partial charge in [-0.25, -0.2) is 0 Å². The summed E-state index contributed by atoms with van der Waals surface area (Å²) in [6.07, 6.45) is 0.887. The van der Waals surface area contributed by atoms with Gasteiger partial charge in [-0.1, -0.05) is 53.6 Å². The number of aldehydes is 1. The summed E-state index contributed by atoms with van der Waals surface area (Å²) in [5.41, 5.74) is 3.86. The number of rotatable bonds is 2. The van der Waals surface area contributed by atoms with Crippen LogP contribution in [0.1, 0.15) is 21.9 Å². The average Bonchev–Trinajstić information content (AvgIpc) is 2.48. The molecule has 1 aliphatic rings. The van der Waals surface area contributed by atoms with Gasteiger partial charge in [0.15, 0.2) is 0 Å². The Hall–Kier alpha value is -1.51. The molecule has 0 radical (unpaired) electrons. The molecule has 0 aromatic heterocycles. The summed E-state index contributed by atoms with van der Waals surface area (Å²) < 4.78 is 0. The molecule has 1 aliphatic heterocycles. The first kappa shape index (κ1) is 13.5.